The number of hydrogen-bond donors (Lipinski definition) is 3. The predicted molar refractivity (Wildman–Crippen MR) is 139 cm³/mol. The van der Waals surface area contributed by atoms with Gasteiger partial charge in [-0.1, -0.05) is 24.4 Å². The summed E-state index contributed by atoms with van der Waals surface area (Å²) in [4.78, 5) is -0.364. The van der Waals surface area contributed by atoms with Gasteiger partial charge in [0.2, 0.25) is 10.0 Å². The molecule has 2 fully saturated rings. The van der Waals surface area contributed by atoms with Crippen molar-refractivity contribution < 1.29 is 22.2 Å². The summed E-state index contributed by atoms with van der Waals surface area (Å²) in [5.74, 6) is 1.70. The van der Waals surface area contributed by atoms with Gasteiger partial charge in [-0.15, -0.1) is 8.80 Å². The van der Waals surface area contributed by atoms with Crippen LogP contribution in [0.25, 0.3) is 0 Å². The van der Waals surface area contributed by atoms with E-state index in [-0.39, 0.29) is 33.3 Å². The topological polar surface area (TPSA) is 137 Å². The summed E-state index contributed by atoms with van der Waals surface area (Å²) in [6.07, 6.45) is 5.77. The average molecular weight is 554 g/mol. The zero-order valence-corrected chi connectivity index (χ0v) is 22.1. The maximum atomic E-state index is 13.2. The van der Waals surface area contributed by atoms with Crippen LogP contribution >= 0.6 is 11.6 Å². The second-order valence-electron chi connectivity index (χ2n) is 9.23. The van der Waals surface area contributed by atoms with Gasteiger partial charge in [0.15, 0.2) is 17.4 Å². The van der Waals surface area contributed by atoms with Gasteiger partial charge in [-0.25, -0.2) is 12.6 Å². The molecule has 2 aliphatic heterocycles. The summed E-state index contributed by atoms with van der Waals surface area (Å²) < 4.78 is 54.0. The number of aromatic hydroxyl groups is 1. The molecule has 3 N–H and O–H groups in total. The summed E-state index contributed by atoms with van der Waals surface area (Å²) in [5.41, 5.74) is 0.0654. The van der Waals surface area contributed by atoms with E-state index in [1.807, 2.05) is 19.1 Å². The van der Waals surface area contributed by atoms with Crippen LogP contribution in [0.2, 0.25) is 5.02 Å². The number of halogens is 1. The number of phenols is 1. The van der Waals surface area contributed by atoms with Gasteiger partial charge < -0.3 is 20.2 Å². The average Bonchev–Trinajstić information content (AvgIpc) is 3.63. The summed E-state index contributed by atoms with van der Waals surface area (Å²) in [5, 5.41) is 17.1. The third-order valence-corrected chi connectivity index (χ3v) is 9.87. The van der Waals surface area contributed by atoms with Gasteiger partial charge in [0.25, 0.3) is 11.2 Å². The van der Waals surface area contributed by atoms with E-state index < -0.39 is 26.9 Å². The highest BCUT2D eigenvalue weighted by atomic mass is 35.5. The minimum Gasteiger partial charge on any atom is -0.504 e. The molecule has 3 aliphatic rings. The molecule has 0 radical (unpaired) electrons. The van der Waals surface area contributed by atoms with Crippen molar-refractivity contribution in [3.63, 3.8) is 0 Å². The number of hydrogen-bond acceptors (Lipinski definition) is 7. The molecule has 1 unspecified atom stereocenters. The van der Waals surface area contributed by atoms with Crippen LogP contribution in [0.4, 0.5) is 5.69 Å². The summed E-state index contributed by atoms with van der Waals surface area (Å²) in [7, 11) is -3.99. The molecule has 1 aromatic carbocycles. The Balaban J connectivity index is 1.43. The molecule has 1 saturated carbocycles. The molecule has 1 aliphatic carbocycles. The van der Waals surface area contributed by atoms with E-state index in [2.05, 4.69) is 19.4 Å². The van der Waals surface area contributed by atoms with Crippen LogP contribution in [0.1, 0.15) is 56.1 Å². The number of sulfonamides is 1. The fourth-order valence-electron chi connectivity index (χ4n) is 5.00. The van der Waals surface area contributed by atoms with Gasteiger partial charge in [-0.05, 0) is 62.8 Å². The molecule has 10 nitrogen and oxygen atoms in total. The van der Waals surface area contributed by atoms with Gasteiger partial charge in [0, 0.05) is 13.1 Å². The van der Waals surface area contributed by atoms with Gasteiger partial charge in [-0.2, -0.15) is 4.31 Å². The van der Waals surface area contributed by atoms with Crippen molar-refractivity contribution in [2.45, 2.75) is 56.4 Å². The number of anilines is 1. The van der Waals surface area contributed by atoms with Crippen molar-refractivity contribution in [2.24, 2.45) is 14.7 Å². The number of amidine groups is 2. The highest BCUT2D eigenvalue weighted by Crippen LogP contribution is 2.40. The third kappa shape index (κ3) is 4.91. The lowest BCUT2D eigenvalue weighted by atomic mass is 9.96. The van der Waals surface area contributed by atoms with Crippen LogP contribution in [0.3, 0.4) is 0 Å². The Morgan fingerprint density at radius 1 is 1.11 bits per heavy atom. The van der Waals surface area contributed by atoms with Gasteiger partial charge in [0.05, 0.1) is 16.8 Å². The van der Waals surface area contributed by atoms with Crippen molar-refractivity contribution in [1.82, 2.24) is 9.62 Å². The third-order valence-electron chi connectivity index (χ3n) is 6.79. The molecule has 1 aromatic heterocycles. The Morgan fingerprint density at radius 3 is 2.47 bits per heavy atom. The normalized spacial score (nSPS) is 22.0. The lowest BCUT2D eigenvalue weighted by molar-refractivity contribution is 0.339. The molecule has 194 valence electrons. The lowest BCUT2D eigenvalue weighted by Crippen LogP contribution is -2.39. The zero-order chi connectivity index (χ0) is 25.4. The van der Waals surface area contributed by atoms with Crippen LogP contribution in [0.15, 0.2) is 42.4 Å². The Kier molecular flexibility index (Phi) is 7.12. The number of benzene rings is 1. The molecule has 2 aromatic rings. The van der Waals surface area contributed by atoms with E-state index in [9.17, 15) is 17.7 Å². The van der Waals surface area contributed by atoms with E-state index in [4.69, 9.17) is 16.0 Å². The monoisotopic (exact) mass is 553 g/mol. The zero-order valence-electron chi connectivity index (χ0n) is 19.7. The predicted octanol–water partition coefficient (Wildman–Crippen LogP) is 4.05. The first-order valence-corrected chi connectivity index (χ1v) is 14.8. The molecule has 3 heterocycles. The van der Waals surface area contributed by atoms with E-state index in [0.29, 0.717) is 19.0 Å². The molecule has 0 bridgehead atoms. The molecular weight excluding hydrogens is 526 g/mol. The van der Waals surface area contributed by atoms with E-state index in [1.54, 1.807) is 0 Å². The van der Waals surface area contributed by atoms with E-state index in [0.717, 1.165) is 50.0 Å². The fraction of sp³-hybridized carbons (Fsp3) is 0.478. The van der Waals surface area contributed by atoms with Crippen LogP contribution in [-0.2, 0) is 21.2 Å². The Morgan fingerprint density at radius 2 is 1.81 bits per heavy atom. The molecule has 1 saturated heterocycles. The lowest BCUT2D eigenvalue weighted by Gasteiger charge is -2.24. The maximum Gasteiger partial charge on any atom is 0.269 e. The van der Waals surface area contributed by atoms with Crippen molar-refractivity contribution >= 4 is 50.2 Å². The molecule has 2 atom stereocenters. The number of nitrogens with zero attached hydrogens (tertiary/aromatic N) is 3. The summed E-state index contributed by atoms with van der Waals surface area (Å²) in [6, 6.07) is 6.46. The number of rotatable bonds is 6. The highest BCUT2D eigenvalue weighted by Gasteiger charge is 2.35. The standard InChI is InChI=1S/C23H28ClN5O5S2/c1-14-8-11-18(34-14)19(15-6-2-3-7-15)26-23-22(27-35(31)28-23)25-17-10-9-16(24)21(20(17)30)36(32,33)29-12-4-5-13-29/h8-11,15,19,30H,2-7,12-13H2,1H3,(H,25,27)(H,26,28)/t19-,35?/m1/s1. The molecule has 0 spiro atoms. The van der Waals surface area contributed by atoms with Crippen LogP contribution in [0.5, 0.6) is 5.75 Å². The van der Waals surface area contributed by atoms with Crippen molar-refractivity contribution in [1.29, 1.82) is 0 Å². The second kappa shape index (κ2) is 10.2. The molecule has 5 rings (SSSR count). The minimum absolute atomic E-state index is 0.0654. The van der Waals surface area contributed by atoms with Gasteiger partial charge >= 0.3 is 0 Å². The first-order chi connectivity index (χ1) is 17.2. The van der Waals surface area contributed by atoms with Gasteiger partial charge in [0.1, 0.15) is 16.4 Å². The maximum absolute atomic E-state index is 13.2. The van der Waals surface area contributed by atoms with E-state index >= 15 is 0 Å². The van der Waals surface area contributed by atoms with Crippen molar-refractivity contribution in [3.8, 4) is 5.75 Å². The van der Waals surface area contributed by atoms with Crippen molar-refractivity contribution in [2.75, 3.05) is 18.4 Å². The molecule has 0 amide bonds. The SMILES string of the molecule is Cc1ccc([C@H](NC2=NS(=O)N=C2Nc2ccc(Cl)c(S(=O)(=O)N3CCCC3)c2O)C2CCCC2)o1. The van der Waals surface area contributed by atoms with Crippen LogP contribution in [0, 0.1) is 12.8 Å². The number of phenolic OH excluding ortho intramolecular Hbond substituents is 1. The Bertz CT molecular complexity index is 1340. The Labute approximate surface area is 217 Å². The minimum atomic E-state index is -3.99. The largest absolute Gasteiger partial charge is 0.504 e. The van der Waals surface area contributed by atoms with Crippen LogP contribution < -0.4 is 10.6 Å². The van der Waals surface area contributed by atoms with E-state index in [1.165, 1.54) is 16.4 Å². The molecular formula is C23H28ClN5O5S2. The first kappa shape index (κ1) is 25.2. The number of aryl methyl sites for hydroxylation is 1. The van der Waals surface area contributed by atoms with Gasteiger partial charge in [-0.3, -0.25) is 0 Å². The number of nitrogens with one attached hydrogen (secondary N) is 2. The Hall–Kier alpha value is -2.41. The highest BCUT2D eigenvalue weighted by molar-refractivity contribution is 7.89. The summed E-state index contributed by atoms with van der Waals surface area (Å²) >= 11 is 4.35. The second-order valence-corrected chi connectivity index (χ2v) is 12.3. The number of furan rings is 1. The molecule has 36 heavy (non-hydrogen) atoms. The molecule has 13 heteroatoms. The first-order valence-electron chi connectivity index (χ1n) is 12.0. The van der Waals surface area contributed by atoms with Crippen LogP contribution in [-0.4, -0.2) is 46.8 Å². The fourth-order valence-corrected chi connectivity index (χ4v) is 7.73. The quantitative estimate of drug-likeness (QED) is 0.459. The summed E-state index contributed by atoms with van der Waals surface area (Å²) in [6.45, 7) is 2.62. The van der Waals surface area contributed by atoms with Crippen molar-refractivity contribution in [3.05, 3.63) is 40.8 Å². The smallest absolute Gasteiger partial charge is 0.269 e.